The van der Waals surface area contributed by atoms with Crippen molar-refractivity contribution in [2.45, 2.75) is 26.9 Å². The van der Waals surface area contributed by atoms with Crippen molar-refractivity contribution in [1.29, 1.82) is 0 Å². The maximum atomic E-state index is 13.0. The van der Waals surface area contributed by atoms with E-state index in [1.165, 1.54) is 0 Å². The third-order valence-electron chi connectivity index (χ3n) is 4.01. The van der Waals surface area contributed by atoms with Crippen molar-refractivity contribution in [1.82, 2.24) is 0 Å². The van der Waals surface area contributed by atoms with Gasteiger partial charge in [-0.05, 0) is 56.7 Å². The molecule has 0 radical (unpaired) electrons. The second kappa shape index (κ2) is 7.12. The largest absolute Gasteiger partial charge is 0.493 e. The van der Waals surface area contributed by atoms with Crippen LogP contribution in [0.1, 0.15) is 19.4 Å². The molecule has 0 unspecified atom stereocenters. The van der Waals surface area contributed by atoms with Crippen LogP contribution in [-0.2, 0) is 0 Å². The molecule has 1 heterocycles. The van der Waals surface area contributed by atoms with E-state index in [-0.39, 0.29) is 17.3 Å². The number of benzene rings is 2. The lowest BCUT2D eigenvalue weighted by Gasteiger charge is -2.15. The van der Waals surface area contributed by atoms with Crippen molar-refractivity contribution in [3.63, 3.8) is 0 Å². The molecule has 0 saturated heterocycles. The maximum Gasteiger partial charge on any atom is 0.235 e. The summed E-state index contributed by atoms with van der Waals surface area (Å²) in [5, 5.41) is 0.496. The molecule has 0 amide bonds. The van der Waals surface area contributed by atoms with Crippen LogP contribution in [0.2, 0.25) is 0 Å². The predicted molar refractivity (Wildman–Crippen MR) is 102 cm³/mol. The van der Waals surface area contributed by atoms with E-state index in [4.69, 9.17) is 18.6 Å². The van der Waals surface area contributed by atoms with Crippen molar-refractivity contribution in [3.05, 3.63) is 52.2 Å². The summed E-state index contributed by atoms with van der Waals surface area (Å²) in [6.45, 7) is 5.70. The molecule has 26 heavy (non-hydrogen) atoms. The molecule has 0 spiro atoms. The molecule has 0 aliphatic carbocycles. The first kappa shape index (κ1) is 17.9. The van der Waals surface area contributed by atoms with E-state index in [0.717, 1.165) is 5.56 Å². The Bertz CT molecular complexity index is 1000. The van der Waals surface area contributed by atoms with Gasteiger partial charge in [0.15, 0.2) is 17.3 Å². The Balaban J connectivity index is 2.31. The summed E-state index contributed by atoms with van der Waals surface area (Å²) in [7, 11) is 3.14. The Morgan fingerprint density at radius 3 is 2.35 bits per heavy atom. The van der Waals surface area contributed by atoms with Gasteiger partial charge < -0.3 is 18.6 Å². The Morgan fingerprint density at radius 1 is 0.962 bits per heavy atom. The van der Waals surface area contributed by atoms with Gasteiger partial charge in [0.1, 0.15) is 5.58 Å². The Hall–Kier alpha value is -2.95. The number of hydrogen-bond acceptors (Lipinski definition) is 5. The second-order valence-electron chi connectivity index (χ2n) is 6.33. The zero-order valence-electron chi connectivity index (χ0n) is 15.6. The molecule has 0 atom stereocenters. The topological polar surface area (TPSA) is 57.9 Å². The van der Waals surface area contributed by atoms with Crippen molar-refractivity contribution < 1.29 is 18.6 Å². The number of aryl methyl sites for hydroxylation is 1. The number of methoxy groups -OCH3 is 2. The smallest absolute Gasteiger partial charge is 0.235 e. The van der Waals surface area contributed by atoms with Crippen LogP contribution in [0.25, 0.3) is 22.3 Å². The van der Waals surface area contributed by atoms with Gasteiger partial charge in [0.2, 0.25) is 11.2 Å². The molecular formula is C21H22O5. The Labute approximate surface area is 152 Å². The van der Waals surface area contributed by atoms with Crippen LogP contribution in [0.5, 0.6) is 17.2 Å². The minimum Gasteiger partial charge on any atom is -0.493 e. The highest BCUT2D eigenvalue weighted by Gasteiger charge is 2.20. The van der Waals surface area contributed by atoms with Crippen molar-refractivity contribution >= 4 is 11.0 Å². The van der Waals surface area contributed by atoms with Crippen LogP contribution < -0.4 is 19.6 Å². The van der Waals surface area contributed by atoms with Gasteiger partial charge in [0.05, 0.1) is 25.7 Å². The number of fused-ring (bicyclic) bond motifs is 1. The van der Waals surface area contributed by atoms with E-state index < -0.39 is 0 Å². The fraction of sp³-hybridized carbons (Fsp3) is 0.286. The third-order valence-corrected chi connectivity index (χ3v) is 4.01. The van der Waals surface area contributed by atoms with Gasteiger partial charge in [0, 0.05) is 5.56 Å². The van der Waals surface area contributed by atoms with Crippen LogP contribution in [0.15, 0.2) is 45.6 Å². The van der Waals surface area contributed by atoms with Gasteiger partial charge in [-0.1, -0.05) is 6.07 Å². The summed E-state index contributed by atoms with van der Waals surface area (Å²) < 4.78 is 22.6. The van der Waals surface area contributed by atoms with Crippen LogP contribution in [0, 0.1) is 6.92 Å². The van der Waals surface area contributed by atoms with E-state index >= 15 is 0 Å². The summed E-state index contributed by atoms with van der Waals surface area (Å²) in [4.78, 5) is 13.0. The van der Waals surface area contributed by atoms with Crippen molar-refractivity contribution in [3.8, 4) is 28.6 Å². The monoisotopic (exact) mass is 354 g/mol. The first-order valence-corrected chi connectivity index (χ1v) is 8.41. The summed E-state index contributed by atoms with van der Waals surface area (Å²) in [6.07, 6.45) is -0.167. The molecule has 1 aromatic heterocycles. The van der Waals surface area contributed by atoms with Gasteiger partial charge in [-0.25, -0.2) is 0 Å². The van der Waals surface area contributed by atoms with Crippen LogP contribution in [0.4, 0.5) is 0 Å². The fourth-order valence-corrected chi connectivity index (χ4v) is 2.79. The highest BCUT2D eigenvalue weighted by atomic mass is 16.5. The normalized spacial score (nSPS) is 11.0. The molecule has 0 fully saturated rings. The lowest BCUT2D eigenvalue weighted by Crippen LogP contribution is -2.15. The highest BCUT2D eigenvalue weighted by molar-refractivity contribution is 5.83. The van der Waals surface area contributed by atoms with Crippen molar-refractivity contribution in [2.75, 3.05) is 14.2 Å². The minimum atomic E-state index is -0.190. The molecule has 5 heteroatoms. The summed E-state index contributed by atoms with van der Waals surface area (Å²) in [6, 6.07) is 10.9. The summed E-state index contributed by atoms with van der Waals surface area (Å²) >= 11 is 0. The molecule has 0 bridgehead atoms. The maximum absolute atomic E-state index is 13.0. The van der Waals surface area contributed by atoms with Gasteiger partial charge in [-0.3, -0.25) is 4.79 Å². The quantitative estimate of drug-likeness (QED) is 0.671. The first-order valence-electron chi connectivity index (χ1n) is 8.41. The Kier molecular flexibility index (Phi) is 4.89. The highest BCUT2D eigenvalue weighted by Crippen LogP contribution is 2.37. The zero-order chi connectivity index (χ0) is 18.8. The molecule has 3 aromatic rings. The predicted octanol–water partition coefficient (Wildman–Crippen LogP) is 4.57. The fourth-order valence-electron chi connectivity index (χ4n) is 2.79. The lowest BCUT2D eigenvalue weighted by atomic mass is 10.1. The second-order valence-corrected chi connectivity index (χ2v) is 6.33. The third kappa shape index (κ3) is 3.25. The minimum absolute atomic E-state index is 0.167. The van der Waals surface area contributed by atoms with E-state index in [0.29, 0.717) is 33.8 Å². The summed E-state index contributed by atoms with van der Waals surface area (Å²) in [5.41, 5.74) is 2.02. The number of ether oxygens (including phenoxy) is 3. The molecule has 0 N–H and O–H groups in total. The molecule has 0 aliphatic rings. The van der Waals surface area contributed by atoms with E-state index in [2.05, 4.69) is 0 Å². The van der Waals surface area contributed by atoms with Gasteiger partial charge >= 0.3 is 0 Å². The molecule has 3 rings (SSSR count). The SMILES string of the molecule is COc1ccc(-c2oc3cc(C)ccc3c(=O)c2OC(C)C)cc1OC. The van der Waals surface area contributed by atoms with Gasteiger partial charge in [-0.15, -0.1) is 0 Å². The standard InChI is InChI=1S/C21H22O5/c1-12(2)25-21-19(22)15-8-6-13(3)10-17(15)26-20(21)14-7-9-16(23-4)18(11-14)24-5/h6-12H,1-5H3. The van der Waals surface area contributed by atoms with E-state index in [9.17, 15) is 4.79 Å². The van der Waals surface area contributed by atoms with Crippen LogP contribution >= 0.6 is 0 Å². The molecule has 136 valence electrons. The van der Waals surface area contributed by atoms with E-state index in [1.807, 2.05) is 39.0 Å². The van der Waals surface area contributed by atoms with Gasteiger partial charge in [-0.2, -0.15) is 0 Å². The molecule has 0 aliphatic heterocycles. The molecule has 5 nitrogen and oxygen atoms in total. The zero-order valence-corrected chi connectivity index (χ0v) is 15.6. The molecule has 2 aromatic carbocycles. The van der Waals surface area contributed by atoms with Crippen molar-refractivity contribution in [2.24, 2.45) is 0 Å². The van der Waals surface area contributed by atoms with Gasteiger partial charge in [0.25, 0.3) is 0 Å². The summed E-state index contributed by atoms with van der Waals surface area (Å²) in [5.74, 6) is 1.72. The number of rotatable bonds is 5. The Morgan fingerprint density at radius 2 is 1.69 bits per heavy atom. The average molecular weight is 354 g/mol. The average Bonchev–Trinajstić information content (AvgIpc) is 2.62. The van der Waals surface area contributed by atoms with E-state index in [1.54, 1.807) is 32.4 Å². The van der Waals surface area contributed by atoms with Crippen LogP contribution in [0.3, 0.4) is 0 Å². The molecular weight excluding hydrogens is 332 g/mol. The molecule has 0 saturated carbocycles. The number of hydrogen-bond donors (Lipinski definition) is 0. The van der Waals surface area contributed by atoms with Crippen LogP contribution in [-0.4, -0.2) is 20.3 Å². The first-order chi connectivity index (χ1) is 12.4. The lowest BCUT2D eigenvalue weighted by molar-refractivity contribution is 0.236.